The van der Waals surface area contributed by atoms with Gasteiger partial charge in [0.2, 0.25) is 5.91 Å². The van der Waals surface area contributed by atoms with E-state index in [0.717, 1.165) is 4.68 Å². The topological polar surface area (TPSA) is 93.1 Å². The Morgan fingerprint density at radius 2 is 1.45 bits per heavy atom. The van der Waals surface area contributed by atoms with Crippen LogP contribution in [0.1, 0.15) is 10.4 Å². The number of amides is 2. The first-order chi connectivity index (χ1) is 16.0. The third-order valence-electron chi connectivity index (χ3n) is 4.77. The van der Waals surface area contributed by atoms with Gasteiger partial charge in [0.25, 0.3) is 11.5 Å². The zero-order valence-electron chi connectivity index (χ0n) is 17.4. The van der Waals surface area contributed by atoms with Gasteiger partial charge in [-0.3, -0.25) is 14.4 Å². The summed E-state index contributed by atoms with van der Waals surface area (Å²) in [5.74, 6) is -1.71. The summed E-state index contributed by atoms with van der Waals surface area (Å²) in [6.45, 7) is -0.470. The molecule has 0 saturated carbocycles. The number of nitrogens with one attached hydrogen (secondary N) is 2. The lowest BCUT2D eigenvalue weighted by Gasteiger charge is -2.12. The van der Waals surface area contributed by atoms with Crippen LogP contribution in [-0.2, 0) is 11.3 Å². The van der Waals surface area contributed by atoms with E-state index in [-0.39, 0.29) is 11.4 Å². The first-order valence-corrected chi connectivity index (χ1v) is 10.1. The standard InChI is InChI=1S/C25H19FN4O3/c26-19-13-7-8-14-20(19)27-23(31)16-30-25(33)22(28-24(32)18-11-5-2-6-12-18)15-21(29-30)17-9-3-1-4-10-17/h1-15H,16H2,(H,27,31)(H,28,32). The molecule has 0 fully saturated rings. The molecule has 1 heterocycles. The highest BCUT2D eigenvalue weighted by molar-refractivity contribution is 6.04. The van der Waals surface area contributed by atoms with Crippen molar-refractivity contribution in [2.45, 2.75) is 6.54 Å². The van der Waals surface area contributed by atoms with Gasteiger partial charge in [-0.1, -0.05) is 60.7 Å². The largest absolute Gasteiger partial charge is 0.322 e. The third-order valence-corrected chi connectivity index (χ3v) is 4.77. The maximum Gasteiger partial charge on any atom is 0.291 e. The van der Waals surface area contributed by atoms with Crippen LogP contribution >= 0.6 is 0 Å². The lowest BCUT2D eigenvalue weighted by Crippen LogP contribution is -2.32. The Kier molecular flexibility index (Phi) is 6.36. The number of benzene rings is 3. The van der Waals surface area contributed by atoms with Crippen molar-refractivity contribution in [1.82, 2.24) is 9.78 Å². The Balaban J connectivity index is 1.67. The van der Waals surface area contributed by atoms with E-state index in [9.17, 15) is 18.8 Å². The van der Waals surface area contributed by atoms with Crippen LogP contribution in [0, 0.1) is 5.82 Å². The van der Waals surface area contributed by atoms with Crippen molar-refractivity contribution in [2.75, 3.05) is 10.6 Å². The third kappa shape index (κ3) is 5.19. The molecule has 0 atom stereocenters. The summed E-state index contributed by atoms with van der Waals surface area (Å²) in [7, 11) is 0. The van der Waals surface area contributed by atoms with Crippen LogP contribution in [0.15, 0.2) is 95.8 Å². The first-order valence-electron chi connectivity index (χ1n) is 10.1. The summed E-state index contributed by atoms with van der Waals surface area (Å²) in [6.07, 6.45) is 0. The van der Waals surface area contributed by atoms with Crippen molar-refractivity contribution in [3.05, 3.63) is 113 Å². The van der Waals surface area contributed by atoms with Gasteiger partial charge < -0.3 is 10.6 Å². The molecular weight excluding hydrogens is 423 g/mol. The van der Waals surface area contributed by atoms with E-state index in [2.05, 4.69) is 15.7 Å². The van der Waals surface area contributed by atoms with Gasteiger partial charge in [-0.15, -0.1) is 0 Å². The van der Waals surface area contributed by atoms with E-state index in [1.165, 1.54) is 24.3 Å². The van der Waals surface area contributed by atoms with Crippen molar-refractivity contribution in [3.8, 4) is 11.3 Å². The predicted molar refractivity (Wildman–Crippen MR) is 123 cm³/mol. The molecule has 0 unspecified atom stereocenters. The lowest BCUT2D eigenvalue weighted by atomic mass is 10.1. The average molecular weight is 442 g/mol. The number of carbonyl (C=O) groups excluding carboxylic acids is 2. The fourth-order valence-electron chi connectivity index (χ4n) is 3.16. The van der Waals surface area contributed by atoms with Gasteiger partial charge in [-0.05, 0) is 30.3 Å². The van der Waals surface area contributed by atoms with Crippen molar-refractivity contribution in [3.63, 3.8) is 0 Å². The molecule has 7 nitrogen and oxygen atoms in total. The number of halogens is 1. The second-order valence-electron chi connectivity index (χ2n) is 7.12. The molecule has 0 aliphatic heterocycles. The molecule has 2 N–H and O–H groups in total. The minimum atomic E-state index is -0.664. The summed E-state index contributed by atoms with van der Waals surface area (Å²) in [5.41, 5.74) is 0.749. The molecule has 0 bridgehead atoms. The van der Waals surface area contributed by atoms with Crippen LogP contribution < -0.4 is 16.2 Å². The van der Waals surface area contributed by atoms with E-state index >= 15 is 0 Å². The van der Waals surface area contributed by atoms with Crippen molar-refractivity contribution < 1.29 is 14.0 Å². The molecule has 0 aliphatic rings. The van der Waals surface area contributed by atoms with E-state index in [0.29, 0.717) is 16.8 Å². The Hall–Kier alpha value is -4.59. The molecule has 0 radical (unpaired) electrons. The molecule has 0 spiro atoms. The highest BCUT2D eigenvalue weighted by Gasteiger charge is 2.16. The summed E-state index contributed by atoms with van der Waals surface area (Å²) >= 11 is 0. The molecule has 4 rings (SSSR count). The number of hydrogen-bond donors (Lipinski definition) is 2. The number of carbonyl (C=O) groups is 2. The second kappa shape index (κ2) is 9.69. The number of nitrogens with zero attached hydrogens (tertiary/aromatic N) is 2. The van der Waals surface area contributed by atoms with Crippen molar-refractivity contribution in [1.29, 1.82) is 0 Å². The van der Waals surface area contributed by atoms with Crippen LogP contribution in [0.25, 0.3) is 11.3 Å². The highest BCUT2D eigenvalue weighted by Crippen LogP contribution is 2.18. The van der Waals surface area contributed by atoms with Crippen LogP contribution in [0.4, 0.5) is 15.8 Å². The maximum absolute atomic E-state index is 13.9. The zero-order valence-corrected chi connectivity index (χ0v) is 17.4. The zero-order chi connectivity index (χ0) is 23.2. The molecule has 164 valence electrons. The summed E-state index contributed by atoms with van der Waals surface area (Å²) in [6, 6.07) is 24.6. The highest BCUT2D eigenvalue weighted by atomic mass is 19.1. The molecular formula is C25H19FN4O3. The SMILES string of the molecule is O=C(Cn1nc(-c2ccccc2)cc(NC(=O)c2ccccc2)c1=O)Nc1ccccc1F. The Labute approximate surface area is 188 Å². The Morgan fingerprint density at radius 1 is 0.818 bits per heavy atom. The second-order valence-corrected chi connectivity index (χ2v) is 7.12. The molecule has 0 aliphatic carbocycles. The number of aromatic nitrogens is 2. The van der Waals surface area contributed by atoms with Gasteiger partial charge in [-0.2, -0.15) is 5.10 Å². The van der Waals surface area contributed by atoms with Crippen LogP contribution in [0.3, 0.4) is 0 Å². The minimum absolute atomic E-state index is 0.00707. The summed E-state index contributed by atoms with van der Waals surface area (Å²) in [4.78, 5) is 38.2. The normalized spacial score (nSPS) is 10.5. The predicted octanol–water partition coefficient (Wildman–Crippen LogP) is 3.94. The Bertz CT molecular complexity index is 1360. The minimum Gasteiger partial charge on any atom is -0.322 e. The van der Waals surface area contributed by atoms with Gasteiger partial charge in [0.15, 0.2) is 0 Å². The maximum atomic E-state index is 13.9. The Morgan fingerprint density at radius 3 is 2.15 bits per heavy atom. The molecule has 1 aromatic heterocycles. The smallest absolute Gasteiger partial charge is 0.291 e. The van der Waals surface area contributed by atoms with E-state index in [1.807, 2.05) is 6.07 Å². The molecule has 0 saturated heterocycles. The molecule has 8 heteroatoms. The van der Waals surface area contributed by atoms with Gasteiger partial charge in [0.05, 0.1) is 11.4 Å². The molecule has 3 aromatic carbocycles. The molecule has 4 aromatic rings. The van der Waals surface area contributed by atoms with Crippen molar-refractivity contribution >= 4 is 23.2 Å². The van der Waals surface area contributed by atoms with Crippen LogP contribution in [0.2, 0.25) is 0 Å². The monoisotopic (exact) mass is 442 g/mol. The number of rotatable bonds is 6. The fraction of sp³-hybridized carbons (Fsp3) is 0.0400. The number of anilines is 2. The quantitative estimate of drug-likeness (QED) is 0.473. The van der Waals surface area contributed by atoms with Gasteiger partial charge in [0, 0.05) is 11.1 Å². The van der Waals surface area contributed by atoms with Gasteiger partial charge in [-0.25, -0.2) is 9.07 Å². The fourth-order valence-corrected chi connectivity index (χ4v) is 3.16. The first kappa shape index (κ1) is 21.6. The lowest BCUT2D eigenvalue weighted by molar-refractivity contribution is -0.117. The number of para-hydroxylation sites is 1. The summed E-state index contributed by atoms with van der Waals surface area (Å²) < 4.78 is 14.8. The van der Waals surface area contributed by atoms with Gasteiger partial charge in [0.1, 0.15) is 18.0 Å². The average Bonchev–Trinajstić information content (AvgIpc) is 2.84. The van der Waals surface area contributed by atoms with Crippen molar-refractivity contribution in [2.24, 2.45) is 0 Å². The van der Waals surface area contributed by atoms with E-state index in [1.54, 1.807) is 60.7 Å². The van der Waals surface area contributed by atoms with Gasteiger partial charge >= 0.3 is 0 Å². The van der Waals surface area contributed by atoms with Crippen LogP contribution in [-0.4, -0.2) is 21.6 Å². The van der Waals surface area contributed by atoms with E-state index < -0.39 is 29.7 Å². The summed E-state index contributed by atoms with van der Waals surface area (Å²) in [5, 5.41) is 9.32. The molecule has 2 amide bonds. The van der Waals surface area contributed by atoms with E-state index in [4.69, 9.17) is 0 Å². The number of hydrogen-bond acceptors (Lipinski definition) is 4. The van der Waals surface area contributed by atoms with Crippen LogP contribution in [0.5, 0.6) is 0 Å². The molecule has 33 heavy (non-hydrogen) atoms.